The number of Topliss-reactive ketones (excluding diaryl/α,β-unsaturated/α-hetero) is 1. The van der Waals surface area contributed by atoms with Gasteiger partial charge >= 0.3 is 11.9 Å². The van der Waals surface area contributed by atoms with E-state index in [9.17, 15) is 14.4 Å². The van der Waals surface area contributed by atoms with Crippen molar-refractivity contribution in [2.24, 2.45) is 0 Å². The zero-order valence-electron chi connectivity index (χ0n) is 10.8. The van der Waals surface area contributed by atoms with E-state index in [2.05, 4.69) is 9.47 Å². The molecule has 100 valence electrons. The first kappa shape index (κ1) is 17.9. The molecule has 6 nitrogen and oxygen atoms in total. The van der Waals surface area contributed by atoms with Gasteiger partial charge in [0.25, 0.3) is 0 Å². The number of carbonyl (C=O) groups is 3. The summed E-state index contributed by atoms with van der Waals surface area (Å²) >= 11 is 0. The molecule has 0 saturated heterocycles. The second-order valence-corrected chi connectivity index (χ2v) is 2.80. The highest BCUT2D eigenvalue weighted by Crippen LogP contribution is 1.86. The molecule has 0 radical (unpaired) electrons. The van der Waals surface area contributed by atoms with E-state index in [-0.39, 0.29) is 5.97 Å². The van der Waals surface area contributed by atoms with Crippen LogP contribution in [0.5, 0.6) is 0 Å². The fourth-order valence-corrected chi connectivity index (χ4v) is 0.677. The van der Waals surface area contributed by atoms with Crippen molar-refractivity contribution < 1.29 is 28.6 Å². The average molecular weight is 248 g/mol. The summed E-state index contributed by atoms with van der Waals surface area (Å²) in [6, 6.07) is 0. The van der Waals surface area contributed by atoms with Crippen LogP contribution in [-0.4, -0.2) is 44.7 Å². The quantitative estimate of drug-likeness (QED) is 0.391. The van der Waals surface area contributed by atoms with Gasteiger partial charge in [0.1, 0.15) is 0 Å². The van der Waals surface area contributed by atoms with Crippen LogP contribution in [0.3, 0.4) is 0 Å². The van der Waals surface area contributed by atoms with E-state index in [1.165, 1.54) is 7.11 Å². The first-order chi connectivity index (χ1) is 7.99. The lowest BCUT2D eigenvalue weighted by atomic mass is 10.5. The van der Waals surface area contributed by atoms with Crippen molar-refractivity contribution in [3.8, 4) is 0 Å². The van der Waals surface area contributed by atoms with Crippen LogP contribution >= 0.6 is 0 Å². The molecular weight excluding hydrogens is 228 g/mol. The number of hydrogen-bond acceptors (Lipinski definition) is 6. The van der Waals surface area contributed by atoms with Gasteiger partial charge in [-0.3, -0.25) is 9.59 Å². The summed E-state index contributed by atoms with van der Waals surface area (Å²) in [6.45, 7) is 6.41. The summed E-state index contributed by atoms with van der Waals surface area (Å²) in [7, 11) is 1.17. The smallest absolute Gasteiger partial charge is 0.374 e. The van der Waals surface area contributed by atoms with Gasteiger partial charge in [-0.1, -0.05) is 0 Å². The van der Waals surface area contributed by atoms with Crippen molar-refractivity contribution in [3.05, 3.63) is 0 Å². The Labute approximate surface area is 101 Å². The predicted molar refractivity (Wildman–Crippen MR) is 60.4 cm³/mol. The maximum absolute atomic E-state index is 10.6. The Hall–Kier alpha value is -1.43. The Kier molecular flexibility index (Phi) is 13.3. The van der Waals surface area contributed by atoms with E-state index in [1.807, 2.05) is 6.92 Å². The molecule has 0 N–H and O–H groups in total. The molecule has 0 aromatic carbocycles. The van der Waals surface area contributed by atoms with Crippen LogP contribution in [0.2, 0.25) is 0 Å². The Bertz CT molecular complexity index is 236. The summed E-state index contributed by atoms with van der Waals surface area (Å²) in [6.07, 6.45) is 0.363. The summed E-state index contributed by atoms with van der Waals surface area (Å²) in [5.74, 6) is -1.54. The van der Waals surface area contributed by atoms with Crippen LogP contribution in [0.1, 0.15) is 27.2 Å². The largest absolute Gasteiger partial charge is 0.466 e. The number of ketones is 1. The number of ether oxygens (including phenoxy) is 3. The second kappa shape index (κ2) is 12.6. The van der Waals surface area contributed by atoms with E-state index in [1.54, 1.807) is 6.92 Å². The Balaban J connectivity index is 0. The standard InChI is InChI=1S/C7H14O3.C4H6O3/c1-3-9-6-5-7(8)10-4-2;1-3(5)4(6)7-2/h3-6H2,1-2H3;1-2H3. The summed E-state index contributed by atoms with van der Waals surface area (Å²) in [5, 5.41) is 0. The van der Waals surface area contributed by atoms with Crippen LogP contribution in [0.25, 0.3) is 0 Å². The molecule has 0 bridgehead atoms. The van der Waals surface area contributed by atoms with E-state index in [0.717, 1.165) is 6.92 Å². The SMILES string of the molecule is CCOCCC(=O)OCC.COC(=O)C(C)=O. The van der Waals surface area contributed by atoms with Gasteiger partial charge in [-0.05, 0) is 13.8 Å². The zero-order valence-corrected chi connectivity index (χ0v) is 10.8. The third-order valence-corrected chi connectivity index (χ3v) is 1.43. The molecule has 0 aliphatic carbocycles. The zero-order chi connectivity index (χ0) is 13.7. The van der Waals surface area contributed by atoms with E-state index >= 15 is 0 Å². The van der Waals surface area contributed by atoms with Crippen LogP contribution in [0.15, 0.2) is 0 Å². The maximum atomic E-state index is 10.6. The fourth-order valence-electron chi connectivity index (χ4n) is 0.677. The number of methoxy groups -OCH3 is 1. The molecule has 0 fully saturated rings. The van der Waals surface area contributed by atoms with Crippen molar-refractivity contribution in [1.29, 1.82) is 0 Å². The molecule has 0 heterocycles. The van der Waals surface area contributed by atoms with E-state index in [4.69, 9.17) is 4.74 Å². The van der Waals surface area contributed by atoms with Gasteiger partial charge < -0.3 is 14.2 Å². The number of hydrogen-bond donors (Lipinski definition) is 0. The molecule has 0 atom stereocenters. The van der Waals surface area contributed by atoms with Gasteiger partial charge in [-0.15, -0.1) is 0 Å². The number of carbonyl (C=O) groups excluding carboxylic acids is 3. The second-order valence-electron chi connectivity index (χ2n) is 2.80. The summed E-state index contributed by atoms with van der Waals surface area (Å²) in [4.78, 5) is 30.5. The van der Waals surface area contributed by atoms with E-state index < -0.39 is 11.8 Å². The van der Waals surface area contributed by atoms with Crippen LogP contribution in [-0.2, 0) is 28.6 Å². The Morgan fingerprint density at radius 3 is 1.94 bits per heavy atom. The minimum Gasteiger partial charge on any atom is -0.466 e. The van der Waals surface area contributed by atoms with Gasteiger partial charge in [0, 0.05) is 13.5 Å². The van der Waals surface area contributed by atoms with Crippen molar-refractivity contribution >= 4 is 17.7 Å². The average Bonchev–Trinajstić information content (AvgIpc) is 2.29. The number of esters is 2. The highest BCUT2D eigenvalue weighted by atomic mass is 16.5. The van der Waals surface area contributed by atoms with Crippen molar-refractivity contribution in [2.45, 2.75) is 27.2 Å². The lowest BCUT2D eigenvalue weighted by Crippen LogP contribution is -2.10. The summed E-state index contributed by atoms with van der Waals surface area (Å²) in [5.41, 5.74) is 0. The lowest BCUT2D eigenvalue weighted by Gasteiger charge is -2.00. The summed E-state index contributed by atoms with van der Waals surface area (Å²) < 4.78 is 13.6. The molecule has 0 aliphatic heterocycles. The van der Waals surface area contributed by atoms with Crippen molar-refractivity contribution in [3.63, 3.8) is 0 Å². The molecule has 0 saturated carbocycles. The van der Waals surface area contributed by atoms with Crippen LogP contribution in [0, 0.1) is 0 Å². The fraction of sp³-hybridized carbons (Fsp3) is 0.727. The van der Waals surface area contributed by atoms with Crippen molar-refractivity contribution in [2.75, 3.05) is 26.9 Å². The minimum absolute atomic E-state index is 0.184. The van der Waals surface area contributed by atoms with Crippen LogP contribution in [0.4, 0.5) is 0 Å². The third-order valence-electron chi connectivity index (χ3n) is 1.43. The minimum atomic E-state index is -0.792. The van der Waals surface area contributed by atoms with Crippen molar-refractivity contribution in [1.82, 2.24) is 0 Å². The molecule has 0 spiro atoms. The molecule has 17 heavy (non-hydrogen) atoms. The lowest BCUT2D eigenvalue weighted by molar-refractivity contribution is -0.150. The molecule has 0 aliphatic rings. The van der Waals surface area contributed by atoms with E-state index in [0.29, 0.717) is 26.2 Å². The van der Waals surface area contributed by atoms with Gasteiger partial charge in [0.05, 0.1) is 26.7 Å². The van der Waals surface area contributed by atoms with Gasteiger partial charge in [-0.25, -0.2) is 4.79 Å². The Morgan fingerprint density at radius 1 is 1.06 bits per heavy atom. The molecule has 0 aromatic rings. The van der Waals surface area contributed by atoms with Gasteiger partial charge in [0.2, 0.25) is 5.78 Å². The first-order valence-electron chi connectivity index (χ1n) is 5.31. The topological polar surface area (TPSA) is 78.9 Å². The number of rotatable bonds is 6. The van der Waals surface area contributed by atoms with Crippen LogP contribution < -0.4 is 0 Å². The normalized spacial score (nSPS) is 8.71. The molecule has 0 aromatic heterocycles. The Morgan fingerprint density at radius 2 is 1.65 bits per heavy atom. The maximum Gasteiger partial charge on any atom is 0.374 e. The van der Waals surface area contributed by atoms with Gasteiger partial charge in [0.15, 0.2) is 0 Å². The molecule has 0 rings (SSSR count). The molecule has 0 unspecified atom stereocenters. The monoisotopic (exact) mass is 248 g/mol. The molecular formula is C11H20O6. The third kappa shape index (κ3) is 14.6. The van der Waals surface area contributed by atoms with Gasteiger partial charge in [-0.2, -0.15) is 0 Å². The predicted octanol–water partition coefficient (Wildman–Crippen LogP) is 0.724. The molecule has 0 amide bonds. The molecule has 6 heteroatoms. The first-order valence-corrected chi connectivity index (χ1v) is 5.31. The highest BCUT2D eigenvalue weighted by molar-refractivity contribution is 6.32. The highest BCUT2D eigenvalue weighted by Gasteiger charge is 2.03.